The Hall–Kier alpha value is 2.65. The third-order valence-electron chi connectivity index (χ3n) is 0. The summed E-state index contributed by atoms with van der Waals surface area (Å²) >= 11 is -17.2. The van der Waals surface area contributed by atoms with Crippen molar-refractivity contribution in [3.63, 3.8) is 0 Å². The Morgan fingerprint density at radius 2 is 0.412 bits per heavy atom. The molecule has 17 heteroatoms. The Balaban J connectivity index is -0.0000000400. The molecule has 0 unspecified atom stereocenters. The molecule has 0 saturated heterocycles. The van der Waals surface area contributed by atoms with Gasteiger partial charge < -0.3 is 0 Å². The zero-order chi connectivity index (χ0) is 13.5. The van der Waals surface area contributed by atoms with Gasteiger partial charge in [-0.1, -0.05) is 0 Å². The van der Waals surface area contributed by atoms with Gasteiger partial charge >= 0.3 is 163 Å². The molecule has 0 atom stereocenters. The summed E-state index contributed by atoms with van der Waals surface area (Å²) in [6.07, 6.45) is 0. The van der Waals surface area contributed by atoms with Crippen LogP contribution in [0.2, 0.25) is 0 Å². The second-order valence-electron chi connectivity index (χ2n) is 1.22. The van der Waals surface area contributed by atoms with E-state index >= 15 is 0 Å². The third kappa shape index (κ3) is 736. The minimum absolute atomic E-state index is 0. The van der Waals surface area contributed by atoms with Gasteiger partial charge in [-0.3, -0.25) is 0 Å². The van der Waals surface area contributed by atoms with Crippen LogP contribution in [0, 0.1) is 74.6 Å². The van der Waals surface area contributed by atoms with E-state index in [0.717, 1.165) is 0 Å². The van der Waals surface area contributed by atoms with Crippen molar-refractivity contribution in [2.45, 2.75) is 0 Å². The van der Waals surface area contributed by atoms with Crippen LogP contribution in [0.5, 0.6) is 0 Å². The summed E-state index contributed by atoms with van der Waals surface area (Å²) in [6.45, 7) is 0. The molecule has 0 saturated carbocycles. The molecule has 0 bridgehead atoms. The van der Waals surface area contributed by atoms with Crippen LogP contribution < -0.4 is 24.9 Å². The molecule has 0 aromatic carbocycles. The predicted molar refractivity (Wildman–Crippen MR) is 4.12 cm³/mol. The summed E-state index contributed by atoms with van der Waals surface area (Å²) in [5.74, 6) is 0. The fourth-order valence-electron chi connectivity index (χ4n) is 0. The molecule has 0 N–H and O–H groups in total. The number of hydrogen-bond donors (Lipinski definition) is 0. The predicted octanol–water partition coefficient (Wildman–Crippen LogP) is -7.85. The van der Waals surface area contributed by atoms with Crippen LogP contribution in [0.4, 0.5) is 0 Å². The first-order valence-electron chi connectivity index (χ1n) is 2.00. The first-order valence-corrected chi connectivity index (χ1v) is 8.25. The van der Waals surface area contributed by atoms with Crippen molar-refractivity contribution in [2.75, 3.05) is 0 Å². The monoisotopic (exact) mass is 680 g/mol. The van der Waals surface area contributed by atoms with Gasteiger partial charge in [-0.25, -0.2) is 0 Å². The van der Waals surface area contributed by atoms with Crippen molar-refractivity contribution in [3.8, 4) is 0 Å². The maximum atomic E-state index is 8.59. The van der Waals surface area contributed by atoms with E-state index in [-0.39, 0.29) is 74.6 Å². The Morgan fingerprint density at radius 3 is 0.412 bits per heavy atom. The fourth-order valence-corrected chi connectivity index (χ4v) is 0. The van der Waals surface area contributed by atoms with Gasteiger partial charge in [0, 0.05) is 0 Å². The second-order valence-corrected chi connectivity index (χ2v) is 5.05. The molecule has 0 aromatic rings. The van der Waals surface area contributed by atoms with E-state index in [1.165, 1.54) is 0 Å². The first kappa shape index (κ1) is 31.8. The summed E-state index contributed by atoms with van der Waals surface area (Å²) < 4.78 is 103. The molecule has 12 nitrogen and oxygen atoms in total. The molecule has 0 rings (SSSR count). The maximum absolute atomic E-state index is 8.59. The Labute approximate surface area is 160 Å². The Morgan fingerprint density at radius 1 is 0.412 bits per heavy atom. The van der Waals surface area contributed by atoms with E-state index in [0.29, 0.717) is 0 Å². The molecule has 2 radical (unpaired) electrons. The van der Waals surface area contributed by atoms with Gasteiger partial charge in [0.1, 0.15) is 0 Å². The van der Waals surface area contributed by atoms with Gasteiger partial charge in [-0.05, 0) is 0 Å². The van der Waals surface area contributed by atoms with E-state index in [1.54, 1.807) is 0 Å². The van der Waals surface area contributed by atoms with Crippen molar-refractivity contribution in [1.82, 2.24) is 0 Å². The van der Waals surface area contributed by atoms with Gasteiger partial charge in [-0.2, -0.15) is 0 Å². The quantitative estimate of drug-likeness (QED) is 0.231. The van der Waals surface area contributed by atoms with Crippen LogP contribution in [0.25, 0.3) is 0 Å². The van der Waals surface area contributed by atoms with Gasteiger partial charge in [-0.15, -0.1) is 0 Å². The molecule has 0 aliphatic carbocycles. The summed E-state index contributed by atoms with van der Waals surface area (Å²) in [4.78, 5) is 0. The van der Waals surface area contributed by atoms with Crippen molar-refractivity contribution in [2.24, 2.45) is 0 Å². The second kappa shape index (κ2) is 13.6. The zero-order valence-corrected chi connectivity index (χ0v) is 14.2. The van der Waals surface area contributed by atoms with Gasteiger partial charge in [0.25, 0.3) is 0 Å². The molecule has 0 heterocycles. The van der Waals surface area contributed by atoms with Crippen LogP contribution >= 0.6 is 0 Å². The first-order chi connectivity index (χ1) is 6.00. The van der Waals surface area contributed by atoms with E-state index in [2.05, 4.69) is 0 Å². The molecule has 0 spiro atoms. The summed E-state index contributed by atoms with van der Waals surface area (Å²) in [5.41, 5.74) is 0. The molecule has 0 fully saturated rings. The van der Waals surface area contributed by atoms with Crippen LogP contribution in [0.3, 0.4) is 0 Å². The van der Waals surface area contributed by atoms with Crippen LogP contribution in [0.1, 0.15) is 0 Å². The Kier molecular flexibility index (Phi) is 25.5. The summed E-state index contributed by atoms with van der Waals surface area (Å²) in [7, 11) is 0. The number of hydrogen-bond acceptors (Lipinski definition) is 12. The van der Waals surface area contributed by atoms with E-state index in [1.807, 2.05) is 0 Å². The Bertz CT molecular complexity index is 341. The molecular weight excluding hydrogens is 682 g/mol. The number of rotatable bonds is 0. The third-order valence-corrected chi connectivity index (χ3v) is 0. The SMILES string of the molecule is [Er+3].[Er+3].[O]=[Cr](=[O])([O-])[O-].[O]=[Cr](=[O])([O-])[O-].[O]=[Cr](=[O])([O-])[O-]. The standard InChI is InChI=1S/3Cr.2Er.12O/q;;;2*+3;;;;;;;6*-1. The van der Waals surface area contributed by atoms with Crippen molar-refractivity contribution < 1.29 is 163 Å². The average Bonchev–Trinajstić information content (AvgIpc) is 1.41. The zero-order valence-electron chi connectivity index (χ0n) is 6.70. The van der Waals surface area contributed by atoms with E-state index in [4.69, 9.17) is 47.8 Å². The van der Waals surface area contributed by atoms with E-state index < -0.39 is 40.8 Å². The van der Waals surface area contributed by atoms with Crippen molar-refractivity contribution >= 4 is 0 Å². The molecule has 0 aliphatic heterocycles. The van der Waals surface area contributed by atoms with Crippen molar-refractivity contribution in [3.05, 3.63) is 0 Å². The van der Waals surface area contributed by atoms with Gasteiger partial charge in [0.05, 0.1) is 0 Å². The van der Waals surface area contributed by atoms with Crippen LogP contribution in [0.15, 0.2) is 0 Å². The van der Waals surface area contributed by atoms with Crippen molar-refractivity contribution in [1.29, 1.82) is 0 Å². The summed E-state index contributed by atoms with van der Waals surface area (Å²) in [5, 5.41) is 0. The fraction of sp³-hybridized carbons (Fsp3) is 0. The van der Waals surface area contributed by atoms with E-state index in [9.17, 15) is 0 Å². The van der Waals surface area contributed by atoms with Gasteiger partial charge in [0.15, 0.2) is 0 Å². The summed E-state index contributed by atoms with van der Waals surface area (Å²) in [6, 6.07) is 0. The molecular formula is Cr3Er2O12. The molecule has 114 valence electrons. The minimum atomic E-state index is -5.75. The normalized spacial score (nSPS) is 10.2. The topological polar surface area (TPSA) is 241 Å². The van der Waals surface area contributed by atoms with Crippen LogP contribution in [-0.4, -0.2) is 0 Å². The molecule has 17 heavy (non-hydrogen) atoms. The average molecular weight is 682 g/mol. The molecule has 0 aliphatic rings. The van der Waals surface area contributed by atoms with Crippen LogP contribution in [-0.2, 0) is 63.7 Å². The molecule has 0 aromatic heterocycles. The van der Waals surface area contributed by atoms with Gasteiger partial charge in [0.2, 0.25) is 0 Å². The molecule has 0 amide bonds.